The molecule has 1 heterocycles. The predicted octanol–water partition coefficient (Wildman–Crippen LogP) is 3.27. The van der Waals surface area contributed by atoms with Gasteiger partial charge in [-0.15, -0.1) is 11.3 Å². The van der Waals surface area contributed by atoms with Gasteiger partial charge in [-0.2, -0.15) is 5.26 Å². The van der Waals surface area contributed by atoms with Crippen LogP contribution in [0.4, 0.5) is 0 Å². The zero-order valence-corrected chi connectivity index (χ0v) is 11.5. The fourth-order valence-corrected chi connectivity index (χ4v) is 2.43. The number of thiazole rings is 1. The Morgan fingerprint density at radius 2 is 2.28 bits per heavy atom. The highest BCUT2D eigenvalue weighted by molar-refractivity contribution is 7.09. The van der Waals surface area contributed by atoms with Crippen molar-refractivity contribution in [2.75, 3.05) is 0 Å². The van der Waals surface area contributed by atoms with Gasteiger partial charge >= 0.3 is 0 Å². The van der Waals surface area contributed by atoms with Crippen molar-refractivity contribution in [3.8, 4) is 6.07 Å². The van der Waals surface area contributed by atoms with Gasteiger partial charge in [-0.05, 0) is 24.6 Å². The Bertz CT molecular complexity index is 586. The highest BCUT2D eigenvalue weighted by atomic mass is 35.5. The van der Waals surface area contributed by atoms with E-state index in [1.54, 1.807) is 23.5 Å². The standard InChI is InChI=1S/C13H12ClN3S/c1-9-17-12(8-18-9)7-16-6-11-3-2-10(5-15)4-13(11)14/h2-4,8,16H,6-7H2,1H3. The SMILES string of the molecule is Cc1nc(CNCc2ccc(C#N)cc2Cl)cs1. The van der Waals surface area contributed by atoms with Crippen LogP contribution in [0, 0.1) is 18.3 Å². The van der Waals surface area contributed by atoms with Crippen LogP contribution in [0.3, 0.4) is 0 Å². The third kappa shape index (κ3) is 3.30. The van der Waals surface area contributed by atoms with Crippen LogP contribution >= 0.6 is 22.9 Å². The Morgan fingerprint density at radius 3 is 2.89 bits per heavy atom. The maximum atomic E-state index is 8.75. The van der Waals surface area contributed by atoms with Crippen LogP contribution in [-0.4, -0.2) is 4.98 Å². The van der Waals surface area contributed by atoms with E-state index in [0.717, 1.165) is 22.8 Å². The normalized spacial score (nSPS) is 10.3. The molecule has 1 aromatic heterocycles. The molecule has 0 spiro atoms. The topological polar surface area (TPSA) is 48.7 Å². The van der Waals surface area contributed by atoms with Crippen LogP contribution in [0.15, 0.2) is 23.6 Å². The zero-order valence-electron chi connectivity index (χ0n) is 9.90. The van der Waals surface area contributed by atoms with Crippen LogP contribution in [0.5, 0.6) is 0 Å². The van der Waals surface area contributed by atoms with E-state index in [1.807, 2.05) is 18.4 Å². The maximum Gasteiger partial charge on any atom is 0.0992 e. The molecule has 92 valence electrons. The fourth-order valence-electron chi connectivity index (χ4n) is 1.57. The van der Waals surface area contributed by atoms with E-state index < -0.39 is 0 Å². The van der Waals surface area contributed by atoms with E-state index in [1.165, 1.54) is 0 Å². The predicted molar refractivity (Wildman–Crippen MR) is 73.6 cm³/mol. The van der Waals surface area contributed by atoms with Crippen LogP contribution in [0.2, 0.25) is 5.02 Å². The summed E-state index contributed by atoms with van der Waals surface area (Å²) in [5, 5.41) is 15.8. The number of aromatic nitrogens is 1. The molecule has 0 amide bonds. The van der Waals surface area contributed by atoms with Gasteiger partial charge in [0.15, 0.2) is 0 Å². The van der Waals surface area contributed by atoms with Gasteiger partial charge in [0.05, 0.1) is 22.3 Å². The van der Waals surface area contributed by atoms with Gasteiger partial charge in [-0.25, -0.2) is 4.98 Å². The van der Waals surface area contributed by atoms with Gasteiger partial charge < -0.3 is 5.32 Å². The molecule has 0 saturated heterocycles. The van der Waals surface area contributed by atoms with E-state index in [9.17, 15) is 0 Å². The lowest BCUT2D eigenvalue weighted by atomic mass is 10.1. The lowest BCUT2D eigenvalue weighted by Crippen LogP contribution is -2.13. The third-order valence-corrected chi connectivity index (χ3v) is 3.64. The average Bonchev–Trinajstić information content (AvgIpc) is 2.77. The molecular formula is C13H12ClN3S. The molecule has 0 aliphatic heterocycles. The van der Waals surface area contributed by atoms with Gasteiger partial charge in [-0.3, -0.25) is 0 Å². The summed E-state index contributed by atoms with van der Waals surface area (Å²) in [7, 11) is 0. The number of nitriles is 1. The molecule has 0 fully saturated rings. The Balaban J connectivity index is 1.92. The molecule has 0 bridgehead atoms. The lowest BCUT2D eigenvalue weighted by molar-refractivity contribution is 0.682. The van der Waals surface area contributed by atoms with Crippen molar-refractivity contribution >= 4 is 22.9 Å². The first-order valence-electron chi connectivity index (χ1n) is 5.49. The van der Waals surface area contributed by atoms with Crippen LogP contribution in [-0.2, 0) is 13.1 Å². The molecular weight excluding hydrogens is 266 g/mol. The van der Waals surface area contributed by atoms with Crippen molar-refractivity contribution in [1.82, 2.24) is 10.3 Å². The van der Waals surface area contributed by atoms with E-state index in [4.69, 9.17) is 16.9 Å². The highest BCUT2D eigenvalue weighted by Crippen LogP contribution is 2.17. The molecule has 1 aromatic carbocycles. The van der Waals surface area contributed by atoms with E-state index in [-0.39, 0.29) is 0 Å². The molecule has 0 saturated carbocycles. The van der Waals surface area contributed by atoms with Crippen LogP contribution in [0.1, 0.15) is 21.8 Å². The summed E-state index contributed by atoms with van der Waals surface area (Å²) < 4.78 is 0. The Hall–Kier alpha value is -1.41. The first kappa shape index (κ1) is 13.0. The monoisotopic (exact) mass is 277 g/mol. The fraction of sp³-hybridized carbons (Fsp3) is 0.231. The molecule has 3 nitrogen and oxygen atoms in total. The lowest BCUT2D eigenvalue weighted by Gasteiger charge is -2.05. The summed E-state index contributed by atoms with van der Waals surface area (Å²) in [6, 6.07) is 7.40. The van der Waals surface area contributed by atoms with Gasteiger partial charge in [-0.1, -0.05) is 17.7 Å². The first-order valence-corrected chi connectivity index (χ1v) is 6.75. The molecule has 0 radical (unpaired) electrons. The van der Waals surface area contributed by atoms with Crippen LogP contribution < -0.4 is 5.32 Å². The van der Waals surface area contributed by atoms with E-state index >= 15 is 0 Å². The van der Waals surface area contributed by atoms with Gasteiger partial charge in [0.2, 0.25) is 0 Å². The van der Waals surface area contributed by atoms with Gasteiger partial charge in [0.25, 0.3) is 0 Å². The smallest absolute Gasteiger partial charge is 0.0992 e. The summed E-state index contributed by atoms with van der Waals surface area (Å²) in [5.74, 6) is 0. The minimum atomic E-state index is 0.582. The minimum absolute atomic E-state index is 0.582. The Kier molecular flexibility index (Phi) is 4.32. The number of nitrogens with zero attached hydrogens (tertiary/aromatic N) is 2. The number of rotatable bonds is 4. The van der Waals surface area contributed by atoms with Crippen molar-refractivity contribution in [1.29, 1.82) is 5.26 Å². The van der Waals surface area contributed by atoms with Gasteiger partial charge in [0, 0.05) is 23.5 Å². The number of halogens is 1. The number of nitrogens with one attached hydrogen (secondary N) is 1. The second kappa shape index (κ2) is 5.96. The van der Waals surface area contributed by atoms with E-state index in [2.05, 4.69) is 16.4 Å². The first-order chi connectivity index (χ1) is 8.69. The molecule has 2 rings (SSSR count). The molecule has 5 heteroatoms. The van der Waals surface area contributed by atoms with Crippen molar-refractivity contribution < 1.29 is 0 Å². The average molecular weight is 278 g/mol. The summed E-state index contributed by atoms with van der Waals surface area (Å²) in [6.07, 6.45) is 0. The molecule has 0 aliphatic carbocycles. The van der Waals surface area contributed by atoms with Crippen molar-refractivity contribution in [2.24, 2.45) is 0 Å². The molecule has 0 aliphatic rings. The Labute approximate surface area is 115 Å². The summed E-state index contributed by atoms with van der Waals surface area (Å²) >= 11 is 7.73. The van der Waals surface area contributed by atoms with Crippen molar-refractivity contribution in [3.63, 3.8) is 0 Å². The number of benzene rings is 1. The third-order valence-electron chi connectivity index (χ3n) is 2.47. The summed E-state index contributed by atoms with van der Waals surface area (Å²) in [5.41, 5.74) is 2.61. The molecule has 1 N–H and O–H groups in total. The summed E-state index contributed by atoms with van der Waals surface area (Å²) in [6.45, 7) is 3.38. The quantitative estimate of drug-likeness (QED) is 0.933. The molecule has 0 atom stereocenters. The number of hydrogen-bond donors (Lipinski definition) is 1. The molecule has 2 aromatic rings. The van der Waals surface area contributed by atoms with Crippen molar-refractivity contribution in [3.05, 3.63) is 50.4 Å². The Morgan fingerprint density at radius 1 is 1.44 bits per heavy atom. The summed E-state index contributed by atoms with van der Waals surface area (Å²) in [4.78, 5) is 4.37. The maximum absolute atomic E-state index is 8.75. The second-order valence-corrected chi connectivity index (χ2v) is 5.35. The number of aryl methyl sites for hydroxylation is 1. The molecule has 18 heavy (non-hydrogen) atoms. The van der Waals surface area contributed by atoms with Crippen molar-refractivity contribution in [2.45, 2.75) is 20.0 Å². The molecule has 0 unspecified atom stereocenters. The second-order valence-electron chi connectivity index (χ2n) is 3.88. The van der Waals surface area contributed by atoms with Crippen LogP contribution in [0.25, 0.3) is 0 Å². The number of hydrogen-bond acceptors (Lipinski definition) is 4. The zero-order chi connectivity index (χ0) is 13.0. The highest BCUT2D eigenvalue weighted by Gasteiger charge is 2.02. The van der Waals surface area contributed by atoms with E-state index in [0.29, 0.717) is 17.1 Å². The minimum Gasteiger partial charge on any atom is -0.307 e. The largest absolute Gasteiger partial charge is 0.307 e. The van der Waals surface area contributed by atoms with Gasteiger partial charge in [0.1, 0.15) is 0 Å².